The summed E-state index contributed by atoms with van der Waals surface area (Å²) in [5.74, 6) is -1.16. The lowest BCUT2D eigenvalue weighted by Gasteiger charge is -2.16. The molecule has 0 aliphatic heterocycles. The van der Waals surface area contributed by atoms with Gasteiger partial charge in [0, 0.05) is 22.5 Å². The summed E-state index contributed by atoms with van der Waals surface area (Å²) in [6.45, 7) is 2.14. The van der Waals surface area contributed by atoms with E-state index < -0.39 is 21.5 Å². The van der Waals surface area contributed by atoms with E-state index in [1.54, 1.807) is 18.2 Å². The number of aryl methyl sites for hydroxylation is 1. The Morgan fingerprint density at radius 2 is 1.67 bits per heavy atom. The van der Waals surface area contributed by atoms with Crippen molar-refractivity contribution in [1.82, 2.24) is 5.32 Å². The fourth-order valence-corrected chi connectivity index (χ4v) is 4.81. The fourth-order valence-electron chi connectivity index (χ4n) is 2.81. The van der Waals surface area contributed by atoms with Gasteiger partial charge in [-0.25, -0.2) is 8.42 Å². The van der Waals surface area contributed by atoms with Crippen molar-refractivity contribution in [2.24, 2.45) is 0 Å². The first-order valence-electron chi connectivity index (χ1n) is 8.73. The molecule has 27 heavy (non-hydrogen) atoms. The molecule has 2 aromatic carbocycles. The van der Waals surface area contributed by atoms with E-state index in [4.69, 9.17) is 23.2 Å². The molecule has 2 aromatic rings. The van der Waals surface area contributed by atoms with E-state index in [9.17, 15) is 13.2 Å². The van der Waals surface area contributed by atoms with Crippen LogP contribution in [0.2, 0.25) is 10.0 Å². The van der Waals surface area contributed by atoms with E-state index in [-0.39, 0.29) is 18.2 Å². The quantitative estimate of drug-likeness (QED) is 0.649. The molecular formula is C20H23Cl2NO3S. The standard InChI is InChI=1S/C20H23Cl2NO3S/c1-15(20-17(21)10-5-11-18(20)22)13-23-19(24)14-27(25,26)12-6-9-16-7-3-2-4-8-16/h2-5,7-8,10-11,15H,6,9,12-14H2,1H3,(H,23,24). The summed E-state index contributed by atoms with van der Waals surface area (Å²) in [7, 11) is -3.44. The molecule has 1 atom stereocenters. The Bertz CT molecular complexity index is 850. The molecule has 0 aliphatic rings. The number of rotatable bonds is 9. The Morgan fingerprint density at radius 1 is 1.04 bits per heavy atom. The van der Waals surface area contributed by atoms with Gasteiger partial charge in [-0.05, 0) is 36.1 Å². The second kappa shape index (κ2) is 10.1. The number of benzene rings is 2. The number of halogens is 2. The minimum atomic E-state index is -3.44. The molecule has 0 heterocycles. The first kappa shape index (κ1) is 21.7. The molecule has 0 radical (unpaired) electrons. The number of carbonyl (C=O) groups is 1. The molecule has 4 nitrogen and oxygen atoms in total. The van der Waals surface area contributed by atoms with Crippen LogP contribution in [0, 0.1) is 0 Å². The summed E-state index contributed by atoms with van der Waals surface area (Å²) in [6.07, 6.45) is 1.16. The number of hydrogen-bond acceptors (Lipinski definition) is 3. The molecule has 1 N–H and O–H groups in total. The molecule has 0 bridgehead atoms. The number of amides is 1. The molecule has 1 amide bonds. The zero-order valence-electron chi connectivity index (χ0n) is 15.1. The summed E-state index contributed by atoms with van der Waals surface area (Å²) in [6, 6.07) is 14.9. The van der Waals surface area contributed by atoms with Crippen molar-refractivity contribution in [3.63, 3.8) is 0 Å². The van der Waals surface area contributed by atoms with Crippen LogP contribution < -0.4 is 5.32 Å². The second-order valence-electron chi connectivity index (χ2n) is 6.52. The van der Waals surface area contributed by atoms with E-state index >= 15 is 0 Å². The third-order valence-electron chi connectivity index (χ3n) is 4.21. The van der Waals surface area contributed by atoms with E-state index in [2.05, 4.69) is 5.32 Å². The maximum atomic E-state index is 12.2. The smallest absolute Gasteiger partial charge is 0.235 e. The maximum Gasteiger partial charge on any atom is 0.235 e. The predicted molar refractivity (Wildman–Crippen MR) is 111 cm³/mol. The minimum absolute atomic E-state index is 0.0127. The van der Waals surface area contributed by atoms with Crippen LogP contribution in [-0.2, 0) is 21.1 Å². The van der Waals surface area contributed by atoms with Gasteiger partial charge in [0.1, 0.15) is 5.75 Å². The number of hydrogen-bond donors (Lipinski definition) is 1. The van der Waals surface area contributed by atoms with Gasteiger partial charge in [0.15, 0.2) is 9.84 Å². The lowest BCUT2D eigenvalue weighted by molar-refractivity contribution is -0.118. The Kier molecular flexibility index (Phi) is 8.14. The van der Waals surface area contributed by atoms with Crippen LogP contribution in [0.3, 0.4) is 0 Å². The van der Waals surface area contributed by atoms with Gasteiger partial charge < -0.3 is 5.32 Å². The molecule has 0 aliphatic carbocycles. The van der Waals surface area contributed by atoms with Crippen LogP contribution in [0.5, 0.6) is 0 Å². The van der Waals surface area contributed by atoms with E-state index in [0.29, 0.717) is 22.9 Å². The van der Waals surface area contributed by atoms with Crippen molar-refractivity contribution in [2.75, 3.05) is 18.1 Å². The van der Waals surface area contributed by atoms with Crippen molar-refractivity contribution < 1.29 is 13.2 Å². The monoisotopic (exact) mass is 427 g/mol. The molecule has 0 fully saturated rings. The molecule has 1 unspecified atom stereocenters. The van der Waals surface area contributed by atoms with Crippen LogP contribution in [0.15, 0.2) is 48.5 Å². The van der Waals surface area contributed by atoms with Crippen molar-refractivity contribution in [1.29, 1.82) is 0 Å². The fraction of sp³-hybridized carbons (Fsp3) is 0.350. The first-order valence-corrected chi connectivity index (χ1v) is 11.3. The lowest BCUT2D eigenvalue weighted by atomic mass is 10.0. The highest BCUT2D eigenvalue weighted by atomic mass is 35.5. The summed E-state index contributed by atoms with van der Waals surface area (Å²) < 4.78 is 24.3. The van der Waals surface area contributed by atoms with Gasteiger partial charge in [-0.15, -0.1) is 0 Å². The van der Waals surface area contributed by atoms with Gasteiger partial charge >= 0.3 is 0 Å². The van der Waals surface area contributed by atoms with Gasteiger partial charge in [0.2, 0.25) is 5.91 Å². The van der Waals surface area contributed by atoms with Gasteiger partial charge in [0.25, 0.3) is 0 Å². The predicted octanol–water partition coefficient (Wildman–Crippen LogP) is 4.26. The summed E-state index contributed by atoms with van der Waals surface area (Å²) in [5.41, 5.74) is 1.83. The number of nitrogens with one attached hydrogen (secondary N) is 1. The van der Waals surface area contributed by atoms with Crippen molar-refractivity contribution in [3.8, 4) is 0 Å². The average Bonchev–Trinajstić information content (AvgIpc) is 2.60. The second-order valence-corrected chi connectivity index (χ2v) is 9.52. The number of carbonyl (C=O) groups excluding carboxylic acids is 1. The molecular weight excluding hydrogens is 405 g/mol. The Hall–Kier alpha value is -1.56. The van der Waals surface area contributed by atoms with E-state index in [0.717, 1.165) is 11.1 Å². The Morgan fingerprint density at radius 3 is 2.30 bits per heavy atom. The zero-order valence-corrected chi connectivity index (χ0v) is 17.4. The van der Waals surface area contributed by atoms with E-state index in [1.807, 2.05) is 37.3 Å². The molecule has 0 saturated heterocycles. The average molecular weight is 428 g/mol. The highest BCUT2D eigenvalue weighted by Gasteiger charge is 2.19. The van der Waals surface area contributed by atoms with Crippen LogP contribution in [0.1, 0.15) is 30.4 Å². The SMILES string of the molecule is CC(CNC(=O)CS(=O)(=O)CCCc1ccccc1)c1c(Cl)cccc1Cl. The van der Waals surface area contributed by atoms with Gasteiger partial charge in [0.05, 0.1) is 5.75 Å². The summed E-state index contributed by atoms with van der Waals surface area (Å²) in [5, 5.41) is 3.72. The van der Waals surface area contributed by atoms with Crippen molar-refractivity contribution >= 4 is 38.9 Å². The molecule has 0 spiro atoms. The third kappa shape index (κ3) is 7.17. The highest BCUT2D eigenvalue weighted by Crippen LogP contribution is 2.30. The molecule has 0 aromatic heterocycles. The molecule has 7 heteroatoms. The topological polar surface area (TPSA) is 63.2 Å². The van der Waals surface area contributed by atoms with Crippen molar-refractivity contribution in [2.45, 2.75) is 25.7 Å². The maximum absolute atomic E-state index is 12.2. The Balaban J connectivity index is 1.80. The normalized spacial score (nSPS) is 12.6. The molecule has 146 valence electrons. The highest BCUT2D eigenvalue weighted by molar-refractivity contribution is 7.92. The summed E-state index contributed by atoms with van der Waals surface area (Å²) >= 11 is 12.3. The number of sulfone groups is 1. The molecule has 2 rings (SSSR count). The van der Waals surface area contributed by atoms with Crippen LogP contribution in [0.25, 0.3) is 0 Å². The zero-order chi connectivity index (χ0) is 19.9. The van der Waals surface area contributed by atoms with E-state index in [1.165, 1.54) is 0 Å². The van der Waals surface area contributed by atoms with Crippen molar-refractivity contribution in [3.05, 3.63) is 69.7 Å². The molecule has 0 saturated carbocycles. The van der Waals surface area contributed by atoms with Crippen LogP contribution in [-0.4, -0.2) is 32.4 Å². The largest absolute Gasteiger partial charge is 0.355 e. The van der Waals surface area contributed by atoms with Gasteiger partial charge in [-0.1, -0.05) is 66.5 Å². The van der Waals surface area contributed by atoms with Crippen LogP contribution in [0.4, 0.5) is 0 Å². The van der Waals surface area contributed by atoms with Crippen LogP contribution >= 0.6 is 23.2 Å². The van der Waals surface area contributed by atoms with Gasteiger partial charge in [-0.2, -0.15) is 0 Å². The lowest BCUT2D eigenvalue weighted by Crippen LogP contribution is -2.33. The minimum Gasteiger partial charge on any atom is -0.355 e. The summed E-state index contributed by atoms with van der Waals surface area (Å²) in [4.78, 5) is 12.0. The Labute approximate surface area is 170 Å². The first-order chi connectivity index (χ1) is 12.8. The van der Waals surface area contributed by atoms with Gasteiger partial charge in [-0.3, -0.25) is 4.79 Å². The third-order valence-corrected chi connectivity index (χ3v) is 6.48.